The minimum absolute atomic E-state index is 0.0743. The number of anilines is 1. The maximum atomic E-state index is 7.49. The third-order valence-electron chi connectivity index (χ3n) is 2.83. The molecule has 0 atom stereocenters. The van der Waals surface area contributed by atoms with Gasteiger partial charge in [0.15, 0.2) is 0 Å². The molecule has 0 radical (unpaired) electrons. The summed E-state index contributed by atoms with van der Waals surface area (Å²) < 4.78 is 0. The molecular weight excluding hydrogens is 295 g/mol. The fourth-order valence-corrected chi connectivity index (χ4v) is 2.46. The summed E-state index contributed by atoms with van der Waals surface area (Å²) in [7, 11) is 1.87. The van der Waals surface area contributed by atoms with E-state index >= 15 is 0 Å². The van der Waals surface area contributed by atoms with Crippen molar-refractivity contribution in [2.45, 2.75) is 6.54 Å². The van der Waals surface area contributed by atoms with Gasteiger partial charge in [0.2, 0.25) is 0 Å². The van der Waals surface area contributed by atoms with E-state index in [0.717, 1.165) is 5.56 Å². The summed E-state index contributed by atoms with van der Waals surface area (Å²) in [5.74, 6) is 0.508. The molecule has 1 heterocycles. The van der Waals surface area contributed by atoms with Crippen molar-refractivity contribution in [2.75, 3.05) is 11.9 Å². The molecule has 104 valence electrons. The number of nitrogen functional groups attached to an aromatic ring is 1. The van der Waals surface area contributed by atoms with Crippen LogP contribution in [0.2, 0.25) is 10.0 Å². The number of hydrogen-bond donors (Lipinski definition) is 2. The van der Waals surface area contributed by atoms with Gasteiger partial charge in [-0.2, -0.15) is 0 Å². The molecule has 3 N–H and O–H groups in total. The van der Waals surface area contributed by atoms with Crippen molar-refractivity contribution in [2.24, 2.45) is 5.73 Å². The standard InChI is InChI=1S/C14H14Cl2N4/c1-20(8-9-3-2-4-10(15)7-9)14-12(16)11(13(17)18)5-6-19-14/h2-7H,8H2,1H3,(H3,17,18). The summed E-state index contributed by atoms with van der Waals surface area (Å²) in [6, 6.07) is 9.21. The normalized spacial score (nSPS) is 10.3. The maximum Gasteiger partial charge on any atom is 0.148 e. The number of halogens is 2. The molecule has 0 saturated carbocycles. The van der Waals surface area contributed by atoms with E-state index in [-0.39, 0.29) is 5.84 Å². The van der Waals surface area contributed by atoms with E-state index in [9.17, 15) is 0 Å². The molecule has 4 nitrogen and oxygen atoms in total. The lowest BCUT2D eigenvalue weighted by molar-refractivity contribution is 0.898. The second kappa shape index (κ2) is 6.11. The highest BCUT2D eigenvalue weighted by Crippen LogP contribution is 2.27. The van der Waals surface area contributed by atoms with E-state index in [2.05, 4.69) is 4.98 Å². The zero-order chi connectivity index (χ0) is 14.7. The lowest BCUT2D eigenvalue weighted by atomic mass is 10.2. The van der Waals surface area contributed by atoms with Gasteiger partial charge in [0.25, 0.3) is 0 Å². The van der Waals surface area contributed by atoms with E-state index < -0.39 is 0 Å². The first-order chi connectivity index (χ1) is 9.49. The van der Waals surface area contributed by atoms with Crippen LogP contribution in [0.25, 0.3) is 0 Å². The fourth-order valence-electron chi connectivity index (χ4n) is 1.89. The van der Waals surface area contributed by atoms with Crippen LogP contribution in [0.5, 0.6) is 0 Å². The molecule has 20 heavy (non-hydrogen) atoms. The molecule has 6 heteroatoms. The Hall–Kier alpha value is -1.78. The smallest absolute Gasteiger partial charge is 0.148 e. The van der Waals surface area contributed by atoms with Crippen LogP contribution in [-0.2, 0) is 6.54 Å². The minimum atomic E-state index is -0.0743. The molecule has 2 rings (SSSR count). The molecule has 0 unspecified atom stereocenters. The number of amidine groups is 1. The number of nitrogens with two attached hydrogens (primary N) is 1. The van der Waals surface area contributed by atoms with E-state index in [0.29, 0.717) is 28.0 Å². The van der Waals surface area contributed by atoms with Crippen LogP contribution in [0, 0.1) is 5.41 Å². The molecule has 0 aliphatic carbocycles. The first kappa shape index (κ1) is 14.6. The van der Waals surface area contributed by atoms with Gasteiger partial charge in [0, 0.05) is 30.4 Å². The molecular formula is C14H14Cl2N4. The van der Waals surface area contributed by atoms with Crippen LogP contribution in [0.15, 0.2) is 36.5 Å². The van der Waals surface area contributed by atoms with Crippen molar-refractivity contribution in [3.63, 3.8) is 0 Å². The SMILES string of the molecule is CN(Cc1cccc(Cl)c1)c1nccc(C(=N)N)c1Cl. The van der Waals surface area contributed by atoms with Crippen LogP contribution in [0.4, 0.5) is 5.82 Å². The van der Waals surface area contributed by atoms with Crippen molar-refractivity contribution in [1.29, 1.82) is 5.41 Å². The average molecular weight is 309 g/mol. The van der Waals surface area contributed by atoms with Gasteiger partial charge in [0.1, 0.15) is 11.7 Å². The van der Waals surface area contributed by atoms with Crippen LogP contribution in [0.3, 0.4) is 0 Å². The number of nitrogens with zero attached hydrogens (tertiary/aromatic N) is 2. The molecule has 1 aromatic carbocycles. The largest absolute Gasteiger partial charge is 0.384 e. The fraction of sp³-hybridized carbons (Fsp3) is 0.143. The zero-order valence-corrected chi connectivity index (χ0v) is 12.4. The lowest BCUT2D eigenvalue weighted by Gasteiger charge is -2.20. The van der Waals surface area contributed by atoms with E-state index in [4.69, 9.17) is 34.3 Å². The average Bonchev–Trinajstić information content (AvgIpc) is 2.38. The quantitative estimate of drug-likeness (QED) is 0.672. The molecule has 1 aromatic heterocycles. The summed E-state index contributed by atoms with van der Waals surface area (Å²) >= 11 is 12.2. The first-order valence-electron chi connectivity index (χ1n) is 5.93. The number of aromatic nitrogens is 1. The summed E-state index contributed by atoms with van der Waals surface area (Å²) in [6.45, 7) is 0.606. The van der Waals surface area contributed by atoms with Crippen molar-refractivity contribution < 1.29 is 0 Å². The van der Waals surface area contributed by atoms with Crippen molar-refractivity contribution in [1.82, 2.24) is 4.98 Å². The van der Waals surface area contributed by atoms with Gasteiger partial charge in [-0.05, 0) is 23.8 Å². The molecule has 0 bridgehead atoms. The topological polar surface area (TPSA) is 66.0 Å². The number of nitrogens with one attached hydrogen (secondary N) is 1. The highest BCUT2D eigenvalue weighted by molar-refractivity contribution is 6.36. The van der Waals surface area contributed by atoms with Crippen LogP contribution >= 0.6 is 23.2 Å². The number of benzene rings is 1. The summed E-state index contributed by atoms with van der Waals surface area (Å²) in [4.78, 5) is 6.14. The van der Waals surface area contributed by atoms with Gasteiger partial charge in [-0.1, -0.05) is 35.3 Å². The molecule has 0 aliphatic rings. The molecule has 2 aromatic rings. The van der Waals surface area contributed by atoms with Gasteiger partial charge in [-0.3, -0.25) is 5.41 Å². The van der Waals surface area contributed by atoms with E-state index in [1.54, 1.807) is 12.3 Å². The molecule has 0 fully saturated rings. The van der Waals surface area contributed by atoms with Crippen molar-refractivity contribution >= 4 is 34.9 Å². The lowest BCUT2D eigenvalue weighted by Crippen LogP contribution is -2.20. The molecule has 0 spiro atoms. The Morgan fingerprint density at radius 1 is 1.35 bits per heavy atom. The van der Waals surface area contributed by atoms with Gasteiger partial charge in [0.05, 0.1) is 5.02 Å². The van der Waals surface area contributed by atoms with E-state index in [1.165, 1.54) is 0 Å². The van der Waals surface area contributed by atoms with Crippen LogP contribution in [0.1, 0.15) is 11.1 Å². The Bertz CT molecular complexity index is 643. The van der Waals surface area contributed by atoms with Crippen LogP contribution < -0.4 is 10.6 Å². The summed E-state index contributed by atoms with van der Waals surface area (Å²) in [6.07, 6.45) is 1.59. The number of pyridine rings is 1. The predicted molar refractivity (Wildman–Crippen MR) is 83.8 cm³/mol. The Balaban J connectivity index is 2.28. The second-order valence-electron chi connectivity index (χ2n) is 4.40. The van der Waals surface area contributed by atoms with Gasteiger partial charge in [-0.25, -0.2) is 4.98 Å². The number of hydrogen-bond acceptors (Lipinski definition) is 3. The predicted octanol–water partition coefficient (Wildman–Crippen LogP) is 3.31. The van der Waals surface area contributed by atoms with Crippen molar-refractivity contribution in [3.05, 3.63) is 57.7 Å². The Labute approximate surface area is 127 Å². The Morgan fingerprint density at radius 3 is 2.75 bits per heavy atom. The third-order valence-corrected chi connectivity index (χ3v) is 3.44. The van der Waals surface area contributed by atoms with Gasteiger partial charge < -0.3 is 10.6 Å². The Morgan fingerprint density at radius 2 is 2.10 bits per heavy atom. The highest BCUT2D eigenvalue weighted by Gasteiger charge is 2.13. The van der Waals surface area contributed by atoms with E-state index in [1.807, 2.05) is 36.2 Å². The second-order valence-corrected chi connectivity index (χ2v) is 5.21. The number of rotatable bonds is 4. The zero-order valence-electron chi connectivity index (χ0n) is 10.9. The molecule has 0 amide bonds. The Kier molecular flexibility index (Phi) is 4.47. The van der Waals surface area contributed by atoms with Gasteiger partial charge in [-0.15, -0.1) is 0 Å². The van der Waals surface area contributed by atoms with Crippen molar-refractivity contribution in [3.8, 4) is 0 Å². The molecule has 0 aliphatic heterocycles. The monoisotopic (exact) mass is 308 g/mol. The molecule has 0 saturated heterocycles. The summed E-state index contributed by atoms with van der Waals surface area (Å²) in [5, 5.41) is 8.56. The maximum absolute atomic E-state index is 7.49. The summed E-state index contributed by atoms with van der Waals surface area (Å²) in [5.41, 5.74) is 7.02. The van der Waals surface area contributed by atoms with Gasteiger partial charge >= 0.3 is 0 Å². The first-order valence-corrected chi connectivity index (χ1v) is 6.69. The minimum Gasteiger partial charge on any atom is -0.384 e. The highest BCUT2D eigenvalue weighted by atomic mass is 35.5. The van der Waals surface area contributed by atoms with Crippen LogP contribution in [-0.4, -0.2) is 17.9 Å². The third kappa shape index (κ3) is 3.21.